The Labute approximate surface area is 216 Å². The maximum Gasteiger partial charge on any atom is 0.405 e. The largest absolute Gasteiger partial charge is 0.405 e. The number of alkyl halides is 3. The summed E-state index contributed by atoms with van der Waals surface area (Å²) in [5, 5.41) is 4.48. The van der Waals surface area contributed by atoms with E-state index in [1.165, 1.54) is 0 Å². The first-order valence-corrected chi connectivity index (χ1v) is 12.3. The second kappa shape index (κ2) is 10.7. The highest BCUT2D eigenvalue weighted by Gasteiger charge is 2.50. The molecule has 0 aromatic heterocycles. The summed E-state index contributed by atoms with van der Waals surface area (Å²) in [6, 6.07) is 5.50. The molecule has 3 atom stereocenters. The number of rotatable bonds is 7. The predicted molar refractivity (Wildman–Crippen MR) is 128 cm³/mol. The van der Waals surface area contributed by atoms with Crippen molar-refractivity contribution in [2.45, 2.75) is 57.4 Å². The van der Waals surface area contributed by atoms with E-state index in [-0.39, 0.29) is 18.3 Å². The third kappa shape index (κ3) is 5.81. The van der Waals surface area contributed by atoms with Crippen molar-refractivity contribution in [2.75, 3.05) is 6.54 Å². The number of nitrogens with zero attached hydrogens (tertiary/aromatic N) is 1. The van der Waals surface area contributed by atoms with Crippen LogP contribution in [-0.4, -0.2) is 47.4 Å². The molecule has 3 amide bonds. The van der Waals surface area contributed by atoms with Crippen molar-refractivity contribution in [3.05, 3.63) is 70.8 Å². The molecule has 2 aromatic rings. The molecular formula is C27H28F5N3O3. The van der Waals surface area contributed by atoms with Gasteiger partial charge in [0.2, 0.25) is 17.7 Å². The van der Waals surface area contributed by atoms with E-state index in [1.807, 2.05) is 24.3 Å². The quantitative estimate of drug-likeness (QED) is 0.527. The van der Waals surface area contributed by atoms with Crippen molar-refractivity contribution in [3.63, 3.8) is 0 Å². The summed E-state index contributed by atoms with van der Waals surface area (Å²) in [5.74, 6) is -5.33. The molecule has 0 bridgehead atoms. The van der Waals surface area contributed by atoms with Crippen LogP contribution in [0.3, 0.4) is 0 Å². The third-order valence-electron chi connectivity index (χ3n) is 6.95. The molecule has 3 unspecified atom stereocenters. The van der Waals surface area contributed by atoms with E-state index < -0.39 is 65.8 Å². The van der Waals surface area contributed by atoms with Crippen LogP contribution in [0.5, 0.6) is 0 Å². The number of hydrogen-bond donors (Lipinski definition) is 2. The van der Waals surface area contributed by atoms with Gasteiger partial charge in [0.1, 0.15) is 36.3 Å². The van der Waals surface area contributed by atoms with Crippen LogP contribution in [0.25, 0.3) is 0 Å². The second-order valence-electron chi connectivity index (χ2n) is 10.2. The number of halogens is 5. The van der Waals surface area contributed by atoms with E-state index in [9.17, 15) is 31.9 Å². The van der Waals surface area contributed by atoms with Crippen LogP contribution in [0.1, 0.15) is 43.0 Å². The first-order chi connectivity index (χ1) is 17.9. The molecule has 6 nitrogen and oxygen atoms in total. The van der Waals surface area contributed by atoms with Crippen LogP contribution in [-0.2, 0) is 27.2 Å². The van der Waals surface area contributed by atoms with Crippen molar-refractivity contribution in [1.29, 1.82) is 0 Å². The number of benzene rings is 2. The highest BCUT2D eigenvalue weighted by molar-refractivity contribution is 6.00. The Morgan fingerprint density at radius 2 is 1.71 bits per heavy atom. The summed E-state index contributed by atoms with van der Waals surface area (Å²) in [7, 11) is 0. The summed E-state index contributed by atoms with van der Waals surface area (Å²) >= 11 is 0. The van der Waals surface area contributed by atoms with Gasteiger partial charge in [-0.2, -0.15) is 13.2 Å². The minimum atomic E-state index is -4.78. The molecule has 11 heteroatoms. The molecule has 2 aromatic carbocycles. The maximum absolute atomic E-state index is 15.0. The number of nitrogens with one attached hydrogen (secondary N) is 2. The molecule has 2 N–H and O–H groups in total. The van der Waals surface area contributed by atoms with Crippen LogP contribution < -0.4 is 10.6 Å². The standard InChI is InChI=1S/C27H28F5N3O3/c1-14(2)9-21-24(36)34-22(17-10-15-5-3-4-6-16(15)11-17)26(38)35(21)23(25(37)33-13-27(30,31)32)19-8-7-18(28)12-20(19)29/h3-8,12,14,17,21-23H,9-11,13H2,1-2H3,(H,33,37)(H,34,36). The maximum atomic E-state index is 15.0. The number of fused-ring (bicyclic) bond motifs is 1. The molecule has 0 saturated carbocycles. The number of carbonyl (C=O) groups excluding carboxylic acids is 3. The number of carbonyl (C=O) groups is 3. The number of amides is 3. The van der Waals surface area contributed by atoms with Gasteiger partial charge in [0.25, 0.3) is 0 Å². The lowest BCUT2D eigenvalue weighted by atomic mass is 9.88. The van der Waals surface area contributed by atoms with Gasteiger partial charge in [-0.15, -0.1) is 0 Å². The smallest absolute Gasteiger partial charge is 0.345 e. The summed E-state index contributed by atoms with van der Waals surface area (Å²) < 4.78 is 67.6. The lowest BCUT2D eigenvalue weighted by molar-refractivity contribution is -0.159. The van der Waals surface area contributed by atoms with Crippen molar-refractivity contribution < 1.29 is 36.3 Å². The van der Waals surface area contributed by atoms with E-state index in [0.717, 1.165) is 28.2 Å². The van der Waals surface area contributed by atoms with Gasteiger partial charge in [-0.1, -0.05) is 44.2 Å². The Balaban J connectivity index is 1.77. The van der Waals surface area contributed by atoms with Gasteiger partial charge in [0, 0.05) is 11.6 Å². The molecule has 2 aliphatic rings. The van der Waals surface area contributed by atoms with Gasteiger partial charge in [-0.25, -0.2) is 8.78 Å². The lowest BCUT2D eigenvalue weighted by Gasteiger charge is -2.44. The van der Waals surface area contributed by atoms with Crippen molar-refractivity contribution in [1.82, 2.24) is 15.5 Å². The first kappa shape index (κ1) is 27.5. The SMILES string of the molecule is CC(C)CC1C(=O)NC(C2Cc3ccccc3C2)C(=O)N1C(C(=O)NCC(F)(F)F)c1ccc(F)cc1F. The van der Waals surface area contributed by atoms with Gasteiger partial charge in [0.15, 0.2) is 0 Å². The van der Waals surface area contributed by atoms with Gasteiger partial charge in [-0.05, 0) is 48.3 Å². The minimum absolute atomic E-state index is 0.0705. The predicted octanol–water partition coefficient (Wildman–Crippen LogP) is 3.84. The Morgan fingerprint density at radius 1 is 1.08 bits per heavy atom. The number of hydrogen-bond acceptors (Lipinski definition) is 3. The minimum Gasteiger partial charge on any atom is -0.345 e. The van der Waals surface area contributed by atoms with Crippen LogP contribution in [0, 0.1) is 23.5 Å². The average Bonchev–Trinajstić information content (AvgIpc) is 3.26. The molecule has 1 saturated heterocycles. The molecule has 204 valence electrons. The van der Waals surface area contributed by atoms with Gasteiger partial charge in [-0.3, -0.25) is 14.4 Å². The van der Waals surface area contributed by atoms with Gasteiger partial charge < -0.3 is 15.5 Å². The van der Waals surface area contributed by atoms with Crippen LogP contribution in [0.15, 0.2) is 42.5 Å². The van der Waals surface area contributed by atoms with Crippen molar-refractivity contribution >= 4 is 17.7 Å². The summed E-state index contributed by atoms with van der Waals surface area (Å²) in [5.41, 5.74) is 1.50. The fourth-order valence-electron chi connectivity index (χ4n) is 5.30. The summed E-state index contributed by atoms with van der Waals surface area (Å²) in [6.45, 7) is 1.81. The lowest BCUT2D eigenvalue weighted by Crippen LogP contribution is -2.67. The normalized spacial score (nSPS) is 20.9. The molecule has 1 fully saturated rings. The molecule has 1 aliphatic heterocycles. The van der Waals surface area contributed by atoms with Gasteiger partial charge in [0.05, 0.1) is 0 Å². The topological polar surface area (TPSA) is 78.5 Å². The molecule has 0 radical (unpaired) electrons. The second-order valence-corrected chi connectivity index (χ2v) is 10.2. The fraction of sp³-hybridized carbons (Fsp3) is 0.444. The van der Waals surface area contributed by atoms with E-state index in [1.54, 1.807) is 19.2 Å². The highest BCUT2D eigenvalue weighted by atomic mass is 19.4. The molecule has 4 rings (SSSR count). The Hall–Kier alpha value is -3.50. The average molecular weight is 538 g/mol. The van der Waals surface area contributed by atoms with E-state index in [2.05, 4.69) is 5.32 Å². The Bertz CT molecular complexity index is 1210. The molecular weight excluding hydrogens is 509 g/mol. The van der Waals surface area contributed by atoms with Crippen molar-refractivity contribution in [2.24, 2.45) is 11.8 Å². The monoisotopic (exact) mass is 537 g/mol. The molecule has 1 aliphatic carbocycles. The van der Waals surface area contributed by atoms with E-state index in [4.69, 9.17) is 0 Å². The summed E-state index contributed by atoms with van der Waals surface area (Å²) in [6.07, 6.45) is -3.78. The van der Waals surface area contributed by atoms with Crippen LogP contribution >= 0.6 is 0 Å². The van der Waals surface area contributed by atoms with Crippen LogP contribution in [0.2, 0.25) is 0 Å². The zero-order chi connectivity index (χ0) is 27.8. The summed E-state index contributed by atoms with van der Waals surface area (Å²) in [4.78, 5) is 41.5. The van der Waals surface area contributed by atoms with Crippen molar-refractivity contribution in [3.8, 4) is 0 Å². The molecule has 1 heterocycles. The molecule has 38 heavy (non-hydrogen) atoms. The molecule has 0 spiro atoms. The first-order valence-electron chi connectivity index (χ1n) is 12.3. The third-order valence-corrected chi connectivity index (χ3v) is 6.95. The Morgan fingerprint density at radius 3 is 2.26 bits per heavy atom. The number of piperazine rings is 1. The zero-order valence-electron chi connectivity index (χ0n) is 20.8. The highest BCUT2D eigenvalue weighted by Crippen LogP contribution is 2.36. The Kier molecular flexibility index (Phi) is 7.75. The van der Waals surface area contributed by atoms with Gasteiger partial charge >= 0.3 is 6.18 Å². The zero-order valence-corrected chi connectivity index (χ0v) is 20.8. The van der Waals surface area contributed by atoms with E-state index in [0.29, 0.717) is 18.9 Å². The fourth-order valence-corrected chi connectivity index (χ4v) is 5.30. The van der Waals surface area contributed by atoms with Crippen LogP contribution in [0.4, 0.5) is 22.0 Å². The van der Waals surface area contributed by atoms with E-state index >= 15 is 4.39 Å².